The van der Waals surface area contributed by atoms with E-state index in [0.717, 1.165) is 18.1 Å². The second-order valence-corrected chi connectivity index (χ2v) is 5.96. The maximum Gasteiger partial charge on any atom is 0.226 e. The molecule has 1 rings (SSSR count). The van der Waals surface area contributed by atoms with Gasteiger partial charge in [-0.25, -0.2) is 0 Å². The smallest absolute Gasteiger partial charge is 0.226 e. The minimum Gasteiger partial charge on any atom is -0.339 e. The molecule has 0 aromatic rings. The van der Waals surface area contributed by atoms with Gasteiger partial charge >= 0.3 is 0 Å². The van der Waals surface area contributed by atoms with Crippen molar-refractivity contribution in [2.75, 3.05) is 18.1 Å². The molecule has 1 amide bonds. The minimum absolute atomic E-state index is 0.267. The summed E-state index contributed by atoms with van der Waals surface area (Å²) < 4.78 is 0. The standard InChI is InChI=1S/C14H25NOS/c1-3-8-14(16)15(11-12-17-4-2)13-9-6-5-7-10-13/h3,13H,1,4-12H2,2H3. The Morgan fingerprint density at radius 3 is 2.71 bits per heavy atom. The summed E-state index contributed by atoms with van der Waals surface area (Å²) in [5.41, 5.74) is 0. The monoisotopic (exact) mass is 255 g/mol. The fourth-order valence-corrected chi connectivity index (χ4v) is 3.07. The molecule has 0 aromatic carbocycles. The summed E-state index contributed by atoms with van der Waals surface area (Å²) in [6.07, 6.45) is 8.51. The van der Waals surface area contributed by atoms with Gasteiger partial charge in [0.15, 0.2) is 0 Å². The lowest BCUT2D eigenvalue weighted by molar-refractivity contribution is -0.132. The summed E-state index contributed by atoms with van der Waals surface area (Å²) in [6, 6.07) is 0.494. The zero-order chi connectivity index (χ0) is 12.5. The van der Waals surface area contributed by atoms with Gasteiger partial charge < -0.3 is 4.90 Å². The van der Waals surface area contributed by atoms with Gasteiger partial charge in [0.25, 0.3) is 0 Å². The molecule has 0 aliphatic heterocycles. The summed E-state index contributed by atoms with van der Waals surface area (Å²) >= 11 is 1.92. The molecule has 0 heterocycles. The normalized spacial score (nSPS) is 16.8. The molecular formula is C14H25NOS. The molecule has 3 heteroatoms. The van der Waals surface area contributed by atoms with Crippen molar-refractivity contribution in [3.63, 3.8) is 0 Å². The average molecular weight is 255 g/mol. The SMILES string of the molecule is C=CCC(=O)N(CCSCC)C1CCCCC1. The fraction of sp³-hybridized carbons (Fsp3) is 0.786. The van der Waals surface area contributed by atoms with E-state index in [0.29, 0.717) is 12.5 Å². The van der Waals surface area contributed by atoms with E-state index in [-0.39, 0.29) is 5.91 Å². The Labute approximate surface area is 110 Å². The summed E-state index contributed by atoms with van der Waals surface area (Å²) in [4.78, 5) is 14.2. The zero-order valence-corrected chi connectivity index (χ0v) is 11.8. The van der Waals surface area contributed by atoms with Crippen LogP contribution in [0.4, 0.5) is 0 Å². The van der Waals surface area contributed by atoms with Crippen LogP contribution in [0.1, 0.15) is 45.4 Å². The van der Waals surface area contributed by atoms with E-state index >= 15 is 0 Å². The number of rotatable bonds is 7. The van der Waals surface area contributed by atoms with E-state index < -0.39 is 0 Å². The topological polar surface area (TPSA) is 20.3 Å². The van der Waals surface area contributed by atoms with Crippen LogP contribution < -0.4 is 0 Å². The Bertz CT molecular complexity index is 236. The predicted octanol–water partition coefficient (Wildman–Crippen LogP) is 3.48. The Balaban J connectivity index is 2.49. The van der Waals surface area contributed by atoms with Gasteiger partial charge in [-0.05, 0) is 18.6 Å². The van der Waals surface area contributed by atoms with Gasteiger partial charge in [-0.1, -0.05) is 32.3 Å². The van der Waals surface area contributed by atoms with Crippen LogP contribution in [0.2, 0.25) is 0 Å². The van der Waals surface area contributed by atoms with E-state index in [1.807, 2.05) is 11.8 Å². The number of carbonyl (C=O) groups excluding carboxylic acids is 1. The van der Waals surface area contributed by atoms with E-state index in [9.17, 15) is 4.79 Å². The molecule has 0 unspecified atom stereocenters. The quantitative estimate of drug-likeness (QED) is 0.513. The first kappa shape index (κ1) is 14.6. The van der Waals surface area contributed by atoms with Gasteiger partial charge in [0, 0.05) is 24.8 Å². The van der Waals surface area contributed by atoms with E-state index in [2.05, 4.69) is 18.4 Å². The van der Waals surface area contributed by atoms with Crippen LogP contribution in [0, 0.1) is 0 Å². The molecule has 17 heavy (non-hydrogen) atoms. The van der Waals surface area contributed by atoms with Crippen molar-refractivity contribution in [1.82, 2.24) is 4.90 Å². The van der Waals surface area contributed by atoms with Crippen LogP contribution in [0.15, 0.2) is 12.7 Å². The van der Waals surface area contributed by atoms with E-state index in [4.69, 9.17) is 0 Å². The van der Waals surface area contributed by atoms with Crippen LogP contribution in [0.5, 0.6) is 0 Å². The van der Waals surface area contributed by atoms with E-state index in [1.165, 1.54) is 32.1 Å². The molecule has 0 spiro atoms. The Morgan fingerprint density at radius 2 is 2.12 bits per heavy atom. The predicted molar refractivity (Wildman–Crippen MR) is 76.4 cm³/mol. The first-order chi connectivity index (χ1) is 8.29. The largest absolute Gasteiger partial charge is 0.339 e. The zero-order valence-electron chi connectivity index (χ0n) is 11.0. The third-order valence-corrected chi connectivity index (χ3v) is 4.21. The first-order valence-electron chi connectivity index (χ1n) is 6.77. The highest BCUT2D eigenvalue weighted by molar-refractivity contribution is 7.99. The molecule has 0 atom stereocenters. The van der Waals surface area contributed by atoms with E-state index in [1.54, 1.807) is 6.08 Å². The summed E-state index contributed by atoms with van der Waals surface area (Å²) in [6.45, 7) is 6.75. The second kappa shape index (κ2) is 8.62. The molecule has 0 radical (unpaired) electrons. The fourth-order valence-electron chi connectivity index (χ4n) is 2.45. The highest BCUT2D eigenvalue weighted by Gasteiger charge is 2.23. The Morgan fingerprint density at radius 1 is 1.41 bits per heavy atom. The van der Waals surface area contributed by atoms with Crippen molar-refractivity contribution in [3.05, 3.63) is 12.7 Å². The molecule has 1 saturated carbocycles. The van der Waals surface area contributed by atoms with Crippen molar-refractivity contribution in [1.29, 1.82) is 0 Å². The highest BCUT2D eigenvalue weighted by atomic mass is 32.2. The van der Waals surface area contributed by atoms with Crippen molar-refractivity contribution in [2.24, 2.45) is 0 Å². The van der Waals surface area contributed by atoms with Crippen molar-refractivity contribution >= 4 is 17.7 Å². The molecular weight excluding hydrogens is 230 g/mol. The molecule has 1 fully saturated rings. The van der Waals surface area contributed by atoms with Gasteiger partial charge in [0.05, 0.1) is 0 Å². The molecule has 1 aliphatic rings. The second-order valence-electron chi connectivity index (χ2n) is 4.57. The van der Waals surface area contributed by atoms with Gasteiger partial charge in [-0.3, -0.25) is 4.79 Å². The Hall–Kier alpha value is -0.440. The van der Waals surface area contributed by atoms with Gasteiger partial charge in [-0.15, -0.1) is 6.58 Å². The molecule has 2 nitrogen and oxygen atoms in total. The minimum atomic E-state index is 0.267. The van der Waals surface area contributed by atoms with Crippen molar-refractivity contribution in [2.45, 2.75) is 51.5 Å². The van der Waals surface area contributed by atoms with Crippen LogP contribution >= 0.6 is 11.8 Å². The van der Waals surface area contributed by atoms with Crippen molar-refractivity contribution < 1.29 is 4.79 Å². The van der Waals surface area contributed by atoms with Crippen LogP contribution in [0.25, 0.3) is 0 Å². The summed E-state index contributed by atoms with van der Waals surface area (Å²) in [5, 5.41) is 0. The lowest BCUT2D eigenvalue weighted by Crippen LogP contribution is -2.42. The summed E-state index contributed by atoms with van der Waals surface area (Å²) in [5.74, 6) is 2.47. The molecule has 0 N–H and O–H groups in total. The maximum absolute atomic E-state index is 12.1. The van der Waals surface area contributed by atoms with Gasteiger partial charge in [0.2, 0.25) is 5.91 Å². The third kappa shape index (κ3) is 5.15. The lowest BCUT2D eigenvalue weighted by atomic mass is 9.94. The molecule has 0 aromatic heterocycles. The Kier molecular flexibility index (Phi) is 7.41. The lowest BCUT2D eigenvalue weighted by Gasteiger charge is -2.34. The van der Waals surface area contributed by atoms with Gasteiger partial charge in [0.1, 0.15) is 0 Å². The average Bonchev–Trinajstić information content (AvgIpc) is 2.36. The molecule has 0 bridgehead atoms. The third-order valence-electron chi connectivity index (χ3n) is 3.34. The number of thioether (sulfide) groups is 1. The number of carbonyl (C=O) groups is 1. The van der Waals surface area contributed by atoms with Crippen LogP contribution in [0.3, 0.4) is 0 Å². The number of nitrogens with zero attached hydrogens (tertiary/aromatic N) is 1. The number of hydrogen-bond acceptors (Lipinski definition) is 2. The summed E-state index contributed by atoms with van der Waals surface area (Å²) in [7, 11) is 0. The van der Waals surface area contributed by atoms with Gasteiger partial charge in [-0.2, -0.15) is 11.8 Å². The molecule has 0 saturated heterocycles. The van der Waals surface area contributed by atoms with Crippen molar-refractivity contribution in [3.8, 4) is 0 Å². The molecule has 98 valence electrons. The highest BCUT2D eigenvalue weighted by Crippen LogP contribution is 2.23. The first-order valence-corrected chi connectivity index (χ1v) is 7.93. The van der Waals surface area contributed by atoms with Crippen LogP contribution in [-0.4, -0.2) is 34.9 Å². The number of amides is 1. The molecule has 1 aliphatic carbocycles. The maximum atomic E-state index is 12.1. The van der Waals surface area contributed by atoms with Crippen LogP contribution in [-0.2, 0) is 4.79 Å². The number of hydrogen-bond donors (Lipinski definition) is 0.